The highest BCUT2D eigenvalue weighted by Gasteiger charge is 2.07. The Balaban J connectivity index is 0. The minimum absolute atomic E-state index is 0.0856. The maximum Gasteiger partial charge on any atom is 0.541 e. The summed E-state index contributed by atoms with van der Waals surface area (Å²) in [5.41, 5.74) is 0. The Kier molecular flexibility index (Phi) is 12.5. The third-order valence-electron chi connectivity index (χ3n) is 1.06. The third kappa shape index (κ3) is 17.7. The summed E-state index contributed by atoms with van der Waals surface area (Å²) >= 11 is 4.49. The summed E-state index contributed by atoms with van der Waals surface area (Å²) in [5, 5.41) is 2.49. The summed E-state index contributed by atoms with van der Waals surface area (Å²) < 4.78 is 14.0. The first-order valence-electron chi connectivity index (χ1n) is 4.56. The van der Waals surface area contributed by atoms with Crippen LogP contribution in [0.2, 0.25) is 0 Å². The van der Waals surface area contributed by atoms with Crippen LogP contribution < -0.4 is 10.2 Å². The normalized spacial score (nSPS) is 10.0. The molecule has 0 aromatic carbocycles. The number of hydrogen-bond acceptors (Lipinski definition) is 4. The maximum absolute atomic E-state index is 9.88. The van der Waals surface area contributed by atoms with E-state index in [9.17, 15) is 9.46 Å². The lowest BCUT2D eigenvalue weighted by atomic mass is 10.4. The molecule has 0 amide bonds. The van der Waals surface area contributed by atoms with Gasteiger partial charge in [-0.2, -0.15) is 0 Å². The van der Waals surface area contributed by atoms with E-state index in [1.165, 1.54) is 12.8 Å². The van der Waals surface area contributed by atoms with E-state index in [1.54, 1.807) is 0 Å². The van der Waals surface area contributed by atoms with Crippen molar-refractivity contribution in [1.82, 2.24) is 5.32 Å². The van der Waals surface area contributed by atoms with E-state index in [0.29, 0.717) is 0 Å². The second-order valence-electron chi connectivity index (χ2n) is 2.90. The molecule has 0 saturated carbocycles. The van der Waals surface area contributed by atoms with E-state index in [2.05, 4.69) is 35.9 Å². The molecule has 1 N–H and O–H groups in total. The van der Waals surface area contributed by atoms with Crippen molar-refractivity contribution in [2.75, 3.05) is 0 Å². The predicted molar refractivity (Wildman–Crippen MR) is 60.1 cm³/mol. The van der Waals surface area contributed by atoms with Crippen molar-refractivity contribution in [3.05, 3.63) is 0 Å². The molecule has 14 heavy (non-hydrogen) atoms. The maximum atomic E-state index is 9.88. The largest absolute Gasteiger partial charge is 0.558 e. The van der Waals surface area contributed by atoms with Crippen LogP contribution in [0.1, 0.15) is 40.5 Å². The molecule has 0 aromatic rings. The van der Waals surface area contributed by atoms with Crippen LogP contribution in [0.4, 0.5) is 0 Å². The van der Waals surface area contributed by atoms with Gasteiger partial charge in [-0.25, -0.2) is 4.52 Å². The van der Waals surface area contributed by atoms with Gasteiger partial charge in [-0.3, -0.25) is 0 Å². The van der Waals surface area contributed by atoms with Crippen LogP contribution in [0.25, 0.3) is 0 Å². The van der Waals surface area contributed by atoms with Crippen LogP contribution in [-0.2, 0) is 9.09 Å². The van der Waals surface area contributed by atoms with Crippen LogP contribution in [-0.4, -0.2) is 11.2 Å². The van der Waals surface area contributed by atoms with Gasteiger partial charge in [0.2, 0.25) is 0 Å². The molecule has 0 rings (SSSR count). The first-order valence-corrected chi connectivity index (χ1v) is 6.07. The number of thiocarbonyl (C=S) groups is 1. The number of nitrogens with one attached hydrogen (secondary N) is 1. The monoisotopic (exact) mass is 239 g/mol. The fourth-order valence-electron chi connectivity index (χ4n) is 0.330. The van der Waals surface area contributed by atoms with Crippen molar-refractivity contribution in [3.8, 4) is 0 Å². The van der Waals surface area contributed by atoms with Gasteiger partial charge < -0.3 is 10.2 Å². The fraction of sp³-hybridized carbons (Fsp3) is 0.875. The molecule has 84 valence electrons. The third-order valence-corrected chi connectivity index (χ3v) is 1.72. The van der Waals surface area contributed by atoms with Gasteiger partial charge in [0.25, 0.3) is 0 Å². The molecule has 1 unspecified atom stereocenters. The van der Waals surface area contributed by atoms with Crippen LogP contribution in [0.3, 0.4) is 0 Å². The summed E-state index contributed by atoms with van der Waals surface area (Å²) in [6.07, 6.45) is 2.64. The Morgan fingerprint density at radius 3 is 2.14 bits per heavy atom. The second-order valence-corrected chi connectivity index (χ2v) is 3.90. The minimum atomic E-state index is -2.87. The predicted octanol–water partition coefficient (Wildman–Crippen LogP) is 2.11. The molecule has 4 nitrogen and oxygen atoms in total. The van der Waals surface area contributed by atoms with Crippen molar-refractivity contribution < 1.29 is 14.0 Å². The first kappa shape index (κ1) is 16.2. The highest BCUT2D eigenvalue weighted by Crippen LogP contribution is 2.08. The van der Waals surface area contributed by atoms with Crippen LogP contribution in [0.5, 0.6) is 0 Å². The van der Waals surface area contributed by atoms with Crippen molar-refractivity contribution >= 4 is 25.6 Å². The van der Waals surface area contributed by atoms with E-state index in [1.807, 2.05) is 13.8 Å². The molecule has 0 aliphatic carbocycles. The zero-order valence-electron chi connectivity index (χ0n) is 9.07. The Morgan fingerprint density at radius 1 is 1.50 bits per heavy atom. The second kappa shape index (κ2) is 10.8. The van der Waals surface area contributed by atoms with E-state index < -0.39 is 8.25 Å². The van der Waals surface area contributed by atoms with Crippen LogP contribution >= 0.6 is 20.5 Å². The highest BCUT2D eigenvalue weighted by atomic mass is 32.1. The molecule has 0 fully saturated rings. The number of hydrogen-bond donors (Lipinski definition) is 1. The summed E-state index contributed by atoms with van der Waals surface area (Å²) in [6, 6.07) is 0.0856. The van der Waals surface area contributed by atoms with E-state index in [0.717, 1.165) is 0 Å². The lowest BCUT2D eigenvalue weighted by Gasteiger charge is -2.04. The zero-order chi connectivity index (χ0) is 11.6. The van der Waals surface area contributed by atoms with E-state index in [4.69, 9.17) is 0 Å². The van der Waals surface area contributed by atoms with Gasteiger partial charge in [0, 0.05) is 6.04 Å². The summed E-state index contributed by atoms with van der Waals surface area (Å²) in [4.78, 5) is 9.88. The molecule has 1 atom stereocenters. The molecule has 0 saturated heterocycles. The molecule has 0 spiro atoms. The Hall–Kier alpha value is -0.250. The fourth-order valence-corrected chi connectivity index (χ4v) is 0.936. The van der Waals surface area contributed by atoms with E-state index in [-0.39, 0.29) is 11.2 Å². The van der Waals surface area contributed by atoms with Gasteiger partial charge in [-0.15, -0.1) is 0 Å². The van der Waals surface area contributed by atoms with Crippen LogP contribution in [0, 0.1) is 0 Å². The van der Waals surface area contributed by atoms with Crippen molar-refractivity contribution in [1.29, 1.82) is 0 Å². The molecule has 0 radical (unpaired) electrons. The van der Waals surface area contributed by atoms with Gasteiger partial charge >= 0.3 is 13.4 Å². The van der Waals surface area contributed by atoms with Crippen LogP contribution in [0.15, 0.2) is 0 Å². The van der Waals surface area contributed by atoms with Gasteiger partial charge in [0.1, 0.15) is 0 Å². The summed E-state index contributed by atoms with van der Waals surface area (Å²) in [5.74, 6) is 0. The van der Waals surface area contributed by atoms with Gasteiger partial charge in [0.15, 0.2) is 0 Å². The quantitative estimate of drug-likeness (QED) is 0.603. The lowest BCUT2D eigenvalue weighted by molar-refractivity contribution is -0.179. The summed E-state index contributed by atoms with van der Waals surface area (Å²) in [6.45, 7) is 8.01. The molecule has 0 heterocycles. The van der Waals surface area contributed by atoms with E-state index >= 15 is 0 Å². The van der Waals surface area contributed by atoms with Gasteiger partial charge in [0.05, 0.1) is 0 Å². The smallest absolute Gasteiger partial charge is 0.541 e. The Morgan fingerprint density at radius 2 is 1.93 bits per heavy atom. The first-order chi connectivity index (χ1) is 6.43. The van der Waals surface area contributed by atoms with Crippen molar-refractivity contribution in [3.63, 3.8) is 0 Å². The zero-order valence-corrected chi connectivity index (χ0v) is 10.8. The minimum Gasteiger partial charge on any atom is -0.558 e. The molecule has 0 bridgehead atoms. The summed E-state index contributed by atoms with van der Waals surface area (Å²) in [7, 11) is -2.87. The molecule has 6 heteroatoms. The molecular weight excluding hydrogens is 221 g/mol. The van der Waals surface area contributed by atoms with Gasteiger partial charge in [-0.05, 0) is 30.6 Å². The van der Waals surface area contributed by atoms with Crippen molar-refractivity contribution in [2.24, 2.45) is 0 Å². The average molecular weight is 239 g/mol. The number of rotatable bonds is 3. The molecule has 0 aliphatic heterocycles. The lowest BCUT2D eigenvalue weighted by Crippen LogP contribution is -2.29. The number of unbranched alkanes of at least 4 members (excludes halogenated alkanes) is 1. The van der Waals surface area contributed by atoms with Crippen molar-refractivity contribution in [2.45, 2.75) is 46.6 Å². The average Bonchev–Trinajstić information content (AvgIpc) is 2.01. The SMILES string of the molecule is CC(C)NC(=S)O[P+](=O)[O-].CCCC. The molecular formula is C8H18NO3PS. The highest BCUT2D eigenvalue weighted by molar-refractivity contribution is 7.80. The topological polar surface area (TPSA) is 61.4 Å². The Bertz CT molecular complexity index is 174. The van der Waals surface area contributed by atoms with Gasteiger partial charge in [-0.1, -0.05) is 26.7 Å². The standard InChI is InChI=1S/C4H8NO3PS.C4H10/c1-3(2)5-4(10)8-9(6)7;1-3-4-2/h3H,1-2H3,(H,5,10);3-4H2,1-2H3. The molecule has 0 aromatic heterocycles. The Labute approximate surface area is 92.0 Å². The molecule has 0 aliphatic rings.